The normalized spacial score (nSPS) is 11.4. The number of hydrogen-bond acceptors (Lipinski definition) is 3. The van der Waals surface area contributed by atoms with Crippen LogP contribution in [0.1, 0.15) is 18.2 Å². The highest BCUT2D eigenvalue weighted by Crippen LogP contribution is 1.93. The largest absolute Gasteiger partial charge is 0.547 e. The number of carbonyl (C=O) groups is 1. The Morgan fingerprint density at radius 1 is 1.69 bits per heavy atom. The van der Waals surface area contributed by atoms with Gasteiger partial charge in [0.25, 0.3) is 0 Å². The molecule has 0 spiro atoms. The number of nitrogens with one attached hydrogen (secondary N) is 2. The minimum Gasteiger partial charge on any atom is -0.547 e. The van der Waals surface area contributed by atoms with Crippen molar-refractivity contribution in [2.75, 3.05) is 0 Å². The summed E-state index contributed by atoms with van der Waals surface area (Å²) in [5.74, 6) is -1.44. The number of aromatic amines is 2. The molecular weight excluding hydrogens is 172 g/mol. The minimum absolute atomic E-state index is 1.13. The molecule has 0 aliphatic rings. The van der Waals surface area contributed by atoms with Crippen molar-refractivity contribution in [1.29, 1.82) is 0 Å². The number of H-pyrrole nitrogens is 2. The lowest BCUT2D eigenvalue weighted by atomic mass is 10.3. The van der Waals surface area contributed by atoms with Gasteiger partial charge < -0.3 is 15.0 Å². The minimum atomic E-state index is -1.44. The summed E-state index contributed by atoms with van der Waals surface area (Å²) in [6.07, 6.45) is 0.597. The van der Waals surface area contributed by atoms with Crippen molar-refractivity contribution in [3.8, 4) is 0 Å². The molecule has 0 radical (unpaired) electrons. The van der Waals surface area contributed by atoms with Gasteiger partial charge in [0.2, 0.25) is 0 Å². The van der Waals surface area contributed by atoms with E-state index in [-0.39, 0.29) is 0 Å². The third kappa shape index (κ3) is 4.97. The maximum atomic E-state index is 9.34. The van der Waals surface area contributed by atoms with Crippen LogP contribution < -0.4 is 10.2 Å². The number of aromatic nitrogens is 2. The van der Waals surface area contributed by atoms with Crippen LogP contribution in [0, 0.1) is 13.8 Å². The standard InChI is InChI=1S/C5H8N2.C3H6O3/c1-4-3-6-7-5(4)2;1-2(4)3(5)6/h3H,1-2H3,(H,6,7);2,4H,1H3,(H,5,6). The number of carbonyl (C=O) groups excluding carboxylic acids is 1. The van der Waals surface area contributed by atoms with E-state index in [2.05, 4.69) is 17.1 Å². The number of aliphatic hydroxyl groups excluding tert-OH is 1. The van der Waals surface area contributed by atoms with Crippen LogP contribution in [0.2, 0.25) is 0 Å². The van der Waals surface area contributed by atoms with Crippen LogP contribution in [0.4, 0.5) is 0 Å². The zero-order chi connectivity index (χ0) is 10.4. The fourth-order valence-electron chi connectivity index (χ4n) is 0.459. The molecule has 5 nitrogen and oxygen atoms in total. The van der Waals surface area contributed by atoms with E-state index in [1.165, 1.54) is 11.3 Å². The smallest absolute Gasteiger partial charge is 0.195 e. The predicted octanol–water partition coefficient (Wildman–Crippen LogP) is -1.44. The Bertz CT molecular complexity index is 252. The van der Waals surface area contributed by atoms with Gasteiger partial charge in [-0.15, -0.1) is 5.10 Å². The second-order valence-electron chi connectivity index (χ2n) is 2.72. The molecule has 1 heterocycles. The molecule has 13 heavy (non-hydrogen) atoms. The molecule has 0 bridgehead atoms. The SMILES string of the molecule is CC(O)C(=O)[O-].Cc1c[nH+][nH]c1C. The van der Waals surface area contributed by atoms with Gasteiger partial charge in [-0.25, -0.2) is 0 Å². The van der Waals surface area contributed by atoms with Crippen molar-refractivity contribution in [1.82, 2.24) is 5.10 Å². The van der Waals surface area contributed by atoms with Crippen LogP contribution in [0.25, 0.3) is 0 Å². The average molecular weight is 186 g/mol. The third-order valence-corrected chi connectivity index (χ3v) is 1.48. The van der Waals surface area contributed by atoms with Gasteiger partial charge in [0.15, 0.2) is 6.20 Å². The molecule has 3 N–H and O–H groups in total. The van der Waals surface area contributed by atoms with Crippen LogP contribution in [-0.4, -0.2) is 22.3 Å². The maximum Gasteiger partial charge on any atom is 0.195 e. The molecule has 0 aliphatic heterocycles. The Morgan fingerprint density at radius 2 is 2.15 bits per heavy atom. The zero-order valence-corrected chi connectivity index (χ0v) is 7.92. The van der Waals surface area contributed by atoms with E-state index >= 15 is 0 Å². The first-order valence-electron chi connectivity index (χ1n) is 3.86. The molecule has 1 unspecified atom stereocenters. The lowest BCUT2D eigenvalue weighted by Gasteiger charge is -2.00. The quantitative estimate of drug-likeness (QED) is 0.563. The topological polar surface area (TPSA) is 90.3 Å². The number of hydrogen-bond donors (Lipinski definition) is 2. The fourth-order valence-corrected chi connectivity index (χ4v) is 0.459. The fraction of sp³-hybridized carbons (Fsp3) is 0.500. The molecule has 0 aromatic carbocycles. The molecule has 0 amide bonds. The van der Waals surface area contributed by atoms with Crippen LogP contribution in [0.5, 0.6) is 0 Å². The summed E-state index contributed by atoms with van der Waals surface area (Å²) in [5.41, 5.74) is 2.49. The molecule has 0 saturated heterocycles. The van der Waals surface area contributed by atoms with E-state index in [9.17, 15) is 9.90 Å². The summed E-state index contributed by atoms with van der Waals surface area (Å²) >= 11 is 0. The highest BCUT2D eigenvalue weighted by molar-refractivity contribution is 5.68. The van der Waals surface area contributed by atoms with E-state index in [1.54, 1.807) is 0 Å². The molecule has 5 heteroatoms. The Balaban J connectivity index is 0.000000226. The highest BCUT2D eigenvalue weighted by Gasteiger charge is 1.93. The van der Waals surface area contributed by atoms with Gasteiger partial charge >= 0.3 is 0 Å². The van der Waals surface area contributed by atoms with Crippen LogP contribution in [0.3, 0.4) is 0 Å². The Hall–Kier alpha value is -1.36. The molecule has 0 fully saturated rings. The number of aliphatic hydroxyl groups is 1. The van der Waals surface area contributed by atoms with Crippen molar-refractivity contribution in [3.05, 3.63) is 17.5 Å². The maximum absolute atomic E-state index is 9.34. The summed E-state index contributed by atoms with van der Waals surface area (Å²) in [5, 5.41) is 23.1. The van der Waals surface area contributed by atoms with E-state index in [0.717, 1.165) is 6.92 Å². The van der Waals surface area contributed by atoms with Gasteiger partial charge in [0.1, 0.15) is 0 Å². The summed E-state index contributed by atoms with van der Waals surface area (Å²) in [6.45, 7) is 5.23. The van der Waals surface area contributed by atoms with Crippen molar-refractivity contribution in [2.45, 2.75) is 26.9 Å². The number of aliphatic carboxylic acids is 1. The van der Waals surface area contributed by atoms with Gasteiger partial charge in [-0.1, -0.05) is 0 Å². The number of rotatable bonds is 1. The van der Waals surface area contributed by atoms with Gasteiger partial charge in [-0.2, -0.15) is 5.10 Å². The first-order chi connectivity index (χ1) is 5.95. The van der Waals surface area contributed by atoms with Crippen molar-refractivity contribution >= 4 is 5.97 Å². The Kier molecular flexibility index (Phi) is 4.76. The Morgan fingerprint density at radius 3 is 2.23 bits per heavy atom. The van der Waals surface area contributed by atoms with Crippen molar-refractivity contribution < 1.29 is 20.1 Å². The average Bonchev–Trinajstić information content (AvgIpc) is 2.37. The lowest BCUT2D eigenvalue weighted by Crippen LogP contribution is -2.32. The van der Waals surface area contributed by atoms with Crippen molar-refractivity contribution in [3.63, 3.8) is 0 Å². The molecular formula is C8H14N2O3. The van der Waals surface area contributed by atoms with Crippen LogP contribution in [-0.2, 0) is 4.79 Å². The van der Waals surface area contributed by atoms with Gasteiger partial charge in [-0.05, 0) is 20.8 Å². The molecule has 1 aromatic heterocycles. The predicted molar refractivity (Wildman–Crippen MR) is 43.5 cm³/mol. The molecule has 1 rings (SSSR count). The van der Waals surface area contributed by atoms with Crippen LogP contribution >= 0.6 is 0 Å². The summed E-state index contributed by atoms with van der Waals surface area (Å²) in [6, 6.07) is 0. The Labute approximate surface area is 76.4 Å². The third-order valence-electron chi connectivity index (χ3n) is 1.48. The van der Waals surface area contributed by atoms with E-state index in [1.807, 2.05) is 13.1 Å². The monoisotopic (exact) mass is 186 g/mol. The highest BCUT2D eigenvalue weighted by atomic mass is 16.4. The lowest BCUT2D eigenvalue weighted by molar-refractivity contribution is -0.449. The first-order valence-corrected chi connectivity index (χ1v) is 3.86. The molecule has 0 saturated carbocycles. The number of carboxylic acid groups (broad SMARTS) is 1. The summed E-state index contributed by atoms with van der Waals surface area (Å²) in [4.78, 5) is 9.34. The van der Waals surface area contributed by atoms with Crippen LogP contribution in [0.15, 0.2) is 6.20 Å². The first kappa shape index (κ1) is 11.6. The number of aryl methyl sites for hydroxylation is 2. The van der Waals surface area contributed by atoms with Gasteiger partial charge in [-0.3, -0.25) is 0 Å². The summed E-state index contributed by atoms with van der Waals surface area (Å²) in [7, 11) is 0. The molecule has 1 atom stereocenters. The molecule has 74 valence electrons. The van der Waals surface area contributed by atoms with Gasteiger partial charge in [0.05, 0.1) is 17.8 Å². The zero-order valence-electron chi connectivity index (χ0n) is 7.92. The van der Waals surface area contributed by atoms with E-state index < -0.39 is 12.1 Å². The molecule has 1 aromatic rings. The second-order valence-corrected chi connectivity index (χ2v) is 2.72. The van der Waals surface area contributed by atoms with Crippen molar-refractivity contribution in [2.24, 2.45) is 0 Å². The van der Waals surface area contributed by atoms with E-state index in [0.29, 0.717) is 0 Å². The molecule has 0 aliphatic carbocycles. The second kappa shape index (κ2) is 5.31. The number of carboxylic acids is 1. The van der Waals surface area contributed by atoms with Gasteiger partial charge in [0, 0.05) is 5.56 Å². The summed E-state index contributed by atoms with van der Waals surface area (Å²) < 4.78 is 0. The van der Waals surface area contributed by atoms with E-state index in [4.69, 9.17) is 5.11 Å².